The number of hydrogen-bond donors (Lipinski definition) is 0. The van der Waals surface area contributed by atoms with Crippen molar-refractivity contribution in [2.45, 2.75) is 25.1 Å². The number of benzene rings is 4. The number of amides is 1. The van der Waals surface area contributed by atoms with Gasteiger partial charge in [0.15, 0.2) is 5.78 Å². The molecule has 38 heavy (non-hydrogen) atoms. The average Bonchev–Trinajstić information content (AvgIpc) is 2.97. The highest BCUT2D eigenvalue weighted by Gasteiger charge is 2.60. The summed E-state index contributed by atoms with van der Waals surface area (Å²) >= 11 is 0. The second-order valence-corrected chi connectivity index (χ2v) is 9.71. The maximum atomic E-state index is 14.1. The lowest BCUT2D eigenvalue weighted by atomic mass is 9.69. The summed E-state index contributed by atoms with van der Waals surface area (Å²) in [7, 11) is 0. The molecule has 1 aliphatic rings. The maximum absolute atomic E-state index is 14.1. The Kier molecular flexibility index (Phi) is 7.34. The normalized spacial score (nSPS) is 17.1. The number of carbonyl (C=O) groups excluding carboxylic acids is 2. The van der Waals surface area contributed by atoms with Crippen LogP contribution in [-0.4, -0.2) is 29.2 Å². The third kappa shape index (κ3) is 4.48. The molecule has 1 aliphatic heterocycles. The van der Waals surface area contributed by atoms with E-state index >= 15 is 0 Å². The third-order valence-corrected chi connectivity index (χ3v) is 7.26. The van der Waals surface area contributed by atoms with Crippen LogP contribution in [0.25, 0.3) is 0 Å². The maximum Gasteiger partial charge on any atom is 0.237 e. The zero-order valence-corrected chi connectivity index (χ0v) is 21.5. The van der Waals surface area contributed by atoms with E-state index in [2.05, 4.69) is 6.58 Å². The number of carbonyl (C=O) groups is 2. The van der Waals surface area contributed by atoms with Crippen molar-refractivity contribution in [2.75, 3.05) is 6.61 Å². The average molecular weight is 502 g/mol. The molecular formula is C34H31NO3. The van der Waals surface area contributed by atoms with Crippen molar-refractivity contribution < 1.29 is 14.3 Å². The van der Waals surface area contributed by atoms with E-state index in [0.717, 1.165) is 22.3 Å². The van der Waals surface area contributed by atoms with E-state index in [1.54, 1.807) is 6.92 Å². The van der Waals surface area contributed by atoms with Crippen molar-refractivity contribution in [3.63, 3.8) is 0 Å². The fraction of sp³-hybridized carbons (Fsp3) is 0.176. The summed E-state index contributed by atoms with van der Waals surface area (Å²) < 4.78 is 6.19. The molecule has 4 aromatic carbocycles. The molecule has 4 nitrogen and oxygen atoms in total. The SMILES string of the molecule is C=C(C)C(=O)[C@@H]1C(=O)N(C(c2ccccc2)(c2ccccc2)c2ccccc2)[C@H]1COCc1ccccc1. The quantitative estimate of drug-likeness (QED) is 0.113. The van der Waals surface area contributed by atoms with Crippen LogP contribution in [0.4, 0.5) is 0 Å². The van der Waals surface area contributed by atoms with E-state index in [9.17, 15) is 9.59 Å². The number of ether oxygens (including phenoxy) is 1. The fourth-order valence-electron chi connectivity index (χ4n) is 5.51. The predicted octanol–water partition coefficient (Wildman–Crippen LogP) is 6.17. The molecule has 0 unspecified atom stereocenters. The first kappa shape index (κ1) is 25.4. The minimum Gasteiger partial charge on any atom is -0.375 e. The molecule has 0 radical (unpaired) electrons. The van der Waals surface area contributed by atoms with Crippen molar-refractivity contribution in [3.05, 3.63) is 156 Å². The highest BCUT2D eigenvalue weighted by molar-refractivity contribution is 6.13. The number of hydrogen-bond acceptors (Lipinski definition) is 3. The molecular weight excluding hydrogens is 470 g/mol. The van der Waals surface area contributed by atoms with E-state index in [0.29, 0.717) is 12.2 Å². The predicted molar refractivity (Wildman–Crippen MR) is 149 cm³/mol. The topological polar surface area (TPSA) is 46.6 Å². The van der Waals surface area contributed by atoms with Crippen LogP contribution in [0.3, 0.4) is 0 Å². The zero-order valence-electron chi connectivity index (χ0n) is 21.5. The second-order valence-electron chi connectivity index (χ2n) is 9.71. The minimum atomic E-state index is -0.951. The summed E-state index contributed by atoms with van der Waals surface area (Å²) in [4.78, 5) is 29.2. The number of β-lactam (4-membered cyclic amide) rings is 1. The first-order valence-electron chi connectivity index (χ1n) is 12.9. The Morgan fingerprint density at radius 3 is 1.61 bits per heavy atom. The van der Waals surface area contributed by atoms with Gasteiger partial charge in [0.2, 0.25) is 5.91 Å². The number of ketones is 1. The third-order valence-electron chi connectivity index (χ3n) is 7.26. The molecule has 1 fully saturated rings. The van der Waals surface area contributed by atoms with E-state index in [-0.39, 0.29) is 18.3 Å². The summed E-state index contributed by atoms with van der Waals surface area (Å²) in [5, 5.41) is 0. The molecule has 0 aromatic heterocycles. The molecule has 0 saturated carbocycles. The lowest BCUT2D eigenvalue weighted by Gasteiger charge is -2.57. The standard InChI is InChI=1S/C34H31NO3/c1-25(2)32(36)31-30(24-38-23-26-15-7-3-8-16-26)35(33(31)37)34(27-17-9-4-10-18-27,28-19-11-5-12-20-28)29-21-13-6-14-22-29/h3-22,30-31H,1,23-24H2,2H3/t30-,31+/m0/s1. The Morgan fingerprint density at radius 1 is 0.763 bits per heavy atom. The summed E-state index contributed by atoms with van der Waals surface area (Å²) in [5.41, 5.74) is 3.29. The molecule has 1 heterocycles. The first-order chi connectivity index (χ1) is 18.5. The molecule has 0 N–H and O–H groups in total. The van der Waals surface area contributed by atoms with E-state index in [1.165, 1.54) is 0 Å². The Hall–Kier alpha value is -4.28. The van der Waals surface area contributed by atoms with Gasteiger partial charge in [-0.3, -0.25) is 9.59 Å². The number of nitrogens with zero attached hydrogens (tertiary/aromatic N) is 1. The van der Waals surface area contributed by atoms with Crippen LogP contribution in [0.15, 0.2) is 133 Å². The van der Waals surface area contributed by atoms with Gasteiger partial charge in [-0.25, -0.2) is 0 Å². The molecule has 4 heteroatoms. The lowest BCUT2D eigenvalue weighted by molar-refractivity contribution is -0.172. The molecule has 0 spiro atoms. The van der Waals surface area contributed by atoms with Crippen molar-refractivity contribution in [1.82, 2.24) is 4.90 Å². The smallest absolute Gasteiger partial charge is 0.237 e. The van der Waals surface area contributed by atoms with Crippen LogP contribution in [-0.2, 0) is 26.5 Å². The summed E-state index contributed by atoms with van der Waals surface area (Å²) in [6.07, 6.45) is 0. The highest BCUT2D eigenvalue weighted by Crippen LogP contribution is 2.49. The lowest BCUT2D eigenvalue weighted by Crippen LogP contribution is -2.72. The fourth-order valence-corrected chi connectivity index (χ4v) is 5.51. The molecule has 4 aromatic rings. The molecule has 1 saturated heterocycles. The van der Waals surface area contributed by atoms with Gasteiger partial charge < -0.3 is 9.64 Å². The number of rotatable bonds is 10. The molecule has 0 bridgehead atoms. The highest BCUT2D eigenvalue weighted by atomic mass is 16.5. The van der Waals surface area contributed by atoms with Crippen molar-refractivity contribution in [1.29, 1.82) is 0 Å². The van der Waals surface area contributed by atoms with Crippen LogP contribution in [0, 0.1) is 5.92 Å². The van der Waals surface area contributed by atoms with E-state index in [4.69, 9.17) is 4.74 Å². The largest absolute Gasteiger partial charge is 0.375 e. The van der Waals surface area contributed by atoms with Gasteiger partial charge in [0.1, 0.15) is 11.5 Å². The summed E-state index contributed by atoms with van der Waals surface area (Å²) in [6.45, 7) is 6.13. The van der Waals surface area contributed by atoms with Gasteiger partial charge in [0.25, 0.3) is 0 Å². The monoisotopic (exact) mass is 501 g/mol. The molecule has 5 rings (SSSR count). The number of allylic oxidation sites excluding steroid dienone is 1. The van der Waals surface area contributed by atoms with E-state index in [1.807, 2.05) is 126 Å². The number of likely N-dealkylation sites (tertiary alicyclic amines) is 1. The van der Waals surface area contributed by atoms with Gasteiger partial charge in [0.05, 0.1) is 19.3 Å². The van der Waals surface area contributed by atoms with Gasteiger partial charge in [-0.2, -0.15) is 0 Å². The van der Waals surface area contributed by atoms with Crippen molar-refractivity contribution in [2.24, 2.45) is 5.92 Å². The summed E-state index contributed by atoms with van der Waals surface area (Å²) in [6, 6.07) is 39.5. The Balaban J connectivity index is 1.65. The van der Waals surface area contributed by atoms with Crippen LogP contribution >= 0.6 is 0 Å². The van der Waals surface area contributed by atoms with Gasteiger partial charge >= 0.3 is 0 Å². The van der Waals surface area contributed by atoms with Gasteiger partial charge in [-0.05, 0) is 34.8 Å². The van der Waals surface area contributed by atoms with Gasteiger partial charge in [0, 0.05) is 0 Å². The Bertz CT molecular complexity index is 1300. The molecule has 2 atom stereocenters. The number of Topliss-reactive ketones (excluding diaryl/α,β-unsaturated/α-hetero) is 1. The van der Waals surface area contributed by atoms with Crippen molar-refractivity contribution in [3.8, 4) is 0 Å². The van der Waals surface area contributed by atoms with Crippen LogP contribution in [0.2, 0.25) is 0 Å². The van der Waals surface area contributed by atoms with Gasteiger partial charge in [-0.1, -0.05) is 128 Å². The van der Waals surface area contributed by atoms with Gasteiger partial charge in [-0.15, -0.1) is 0 Å². The van der Waals surface area contributed by atoms with Crippen LogP contribution in [0.1, 0.15) is 29.2 Å². The second kappa shape index (κ2) is 11.0. The van der Waals surface area contributed by atoms with E-state index < -0.39 is 17.5 Å². The van der Waals surface area contributed by atoms with Crippen LogP contribution in [0.5, 0.6) is 0 Å². The summed E-state index contributed by atoms with van der Waals surface area (Å²) in [5.74, 6) is -1.29. The van der Waals surface area contributed by atoms with Crippen LogP contribution < -0.4 is 0 Å². The van der Waals surface area contributed by atoms with Crippen molar-refractivity contribution >= 4 is 11.7 Å². The minimum absolute atomic E-state index is 0.220. The Morgan fingerprint density at radius 2 is 1.18 bits per heavy atom. The molecule has 190 valence electrons. The molecule has 0 aliphatic carbocycles. The molecule has 1 amide bonds. The zero-order chi connectivity index (χ0) is 26.5. The first-order valence-corrected chi connectivity index (χ1v) is 12.9. The Labute approximate surface area is 224 Å².